The van der Waals surface area contributed by atoms with Gasteiger partial charge in [-0.05, 0) is 100 Å². The van der Waals surface area contributed by atoms with Crippen LogP contribution < -0.4 is 16.0 Å². The van der Waals surface area contributed by atoms with Crippen LogP contribution in [0.25, 0.3) is 0 Å². The molecule has 3 N–H and O–H groups in total. The third kappa shape index (κ3) is 10.5. The Hall–Kier alpha value is -4.95. The number of nitrogens with zero attached hydrogens (tertiary/aromatic N) is 3. The standard InChI is InChI=1S/C38H48N6O5/c1-7-8-11-17-40-26-41-34(46)31-19-27-14-15-32(21-30(27)20-31)42-33(45)24-44(35(47)38(5)16-18-39-25-38)23-29-13-10-9-12-28(29)22-43(6)36(48)49-37(2,3)4/h1,8-15,17,21,31,39H,16,18-20,22-26H2,2-6H3,(H,41,46)(H,42,45)/b11-8-,40-17?. The number of carbonyl (C=O) groups excluding carboxylic acids is 4. The van der Waals surface area contributed by atoms with Crippen LogP contribution in [0.1, 0.15) is 56.4 Å². The fourth-order valence-electron chi connectivity index (χ4n) is 6.05. The Morgan fingerprint density at radius 2 is 1.82 bits per heavy atom. The number of rotatable bonds is 12. The first kappa shape index (κ1) is 36.9. The van der Waals surface area contributed by atoms with Crippen molar-refractivity contribution in [2.75, 3.05) is 38.7 Å². The molecule has 0 aromatic heterocycles. The number of amides is 4. The summed E-state index contributed by atoms with van der Waals surface area (Å²) in [6, 6.07) is 13.3. The topological polar surface area (TPSA) is 132 Å². The van der Waals surface area contributed by atoms with Crippen molar-refractivity contribution in [1.29, 1.82) is 0 Å². The smallest absolute Gasteiger partial charge is 0.410 e. The Morgan fingerprint density at radius 3 is 2.49 bits per heavy atom. The average Bonchev–Trinajstić information content (AvgIpc) is 3.69. The molecule has 4 amide bonds. The van der Waals surface area contributed by atoms with Gasteiger partial charge < -0.3 is 30.5 Å². The van der Waals surface area contributed by atoms with Gasteiger partial charge in [0.15, 0.2) is 0 Å². The number of hydrogen-bond donors (Lipinski definition) is 3. The van der Waals surface area contributed by atoms with E-state index in [-0.39, 0.29) is 49.9 Å². The van der Waals surface area contributed by atoms with E-state index in [1.807, 2.05) is 70.2 Å². The van der Waals surface area contributed by atoms with Gasteiger partial charge in [-0.2, -0.15) is 0 Å². The summed E-state index contributed by atoms with van der Waals surface area (Å²) < 4.78 is 5.53. The molecule has 1 heterocycles. The van der Waals surface area contributed by atoms with E-state index in [0.717, 1.165) is 28.8 Å². The first-order valence-corrected chi connectivity index (χ1v) is 16.6. The van der Waals surface area contributed by atoms with Gasteiger partial charge in [0.1, 0.15) is 18.8 Å². The highest BCUT2D eigenvalue weighted by atomic mass is 16.6. The minimum absolute atomic E-state index is 0.0820. The molecule has 2 aliphatic rings. The van der Waals surface area contributed by atoms with E-state index in [9.17, 15) is 19.2 Å². The van der Waals surface area contributed by atoms with Crippen LogP contribution in [0.3, 0.4) is 0 Å². The minimum atomic E-state index is -0.643. The van der Waals surface area contributed by atoms with Gasteiger partial charge in [0.2, 0.25) is 17.7 Å². The van der Waals surface area contributed by atoms with Gasteiger partial charge in [-0.25, -0.2) is 4.79 Å². The maximum atomic E-state index is 14.0. The lowest BCUT2D eigenvalue weighted by Crippen LogP contribution is -2.46. The number of benzene rings is 2. The summed E-state index contributed by atoms with van der Waals surface area (Å²) in [6.07, 6.45) is 11.2. The van der Waals surface area contributed by atoms with Crippen molar-refractivity contribution in [3.05, 3.63) is 76.9 Å². The summed E-state index contributed by atoms with van der Waals surface area (Å²) in [5, 5.41) is 9.08. The Labute approximate surface area is 289 Å². The fraction of sp³-hybridized carbons (Fsp3) is 0.447. The van der Waals surface area contributed by atoms with E-state index in [0.29, 0.717) is 31.5 Å². The monoisotopic (exact) mass is 668 g/mol. The lowest BCUT2D eigenvalue weighted by molar-refractivity contribution is -0.143. The largest absolute Gasteiger partial charge is 0.444 e. The highest BCUT2D eigenvalue weighted by Crippen LogP contribution is 2.31. The fourth-order valence-corrected chi connectivity index (χ4v) is 6.05. The van der Waals surface area contributed by atoms with Gasteiger partial charge >= 0.3 is 6.09 Å². The van der Waals surface area contributed by atoms with E-state index in [2.05, 4.69) is 26.9 Å². The van der Waals surface area contributed by atoms with Crippen molar-refractivity contribution < 1.29 is 23.9 Å². The second kappa shape index (κ2) is 16.4. The maximum absolute atomic E-state index is 14.0. The number of terminal acetylenes is 1. The highest BCUT2D eigenvalue weighted by molar-refractivity contribution is 5.95. The predicted octanol–water partition coefficient (Wildman–Crippen LogP) is 4.07. The average molecular weight is 669 g/mol. The Balaban J connectivity index is 1.43. The van der Waals surface area contributed by atoms with Crippen molar-refractivity contribution in [2.45, 2.75) is 65.6 Å². The number of aliphatic imine (C=N–C) groups is 1. The second-order valence-corrected chi connectivity index (χ2v) is 13.9. The minimum Gasteiger partial charge on any atom is -0.444 e. The molecular weight excluding hydrogens is 620 g/mol. The molecule has 2 aromatic carbocycles. The van der Waals surface area contributed by atoms with Crippen molar-refractivity contribution in [1.82, 2.24) is 20.4 Å². The van der Waals surface area contributed by atoms with Crippen molar-refractivity contribution in [3.63, 3.8) is 0 Å². The summed E-state index contributed by atoms with van der Waals surface area (Å²) >= 11 is 0. The van der Waals surface area contributed by atoms with Crippen molar-refractivity contribution in [2.24, 2.45) is 16.3 Å². The molecule has 2 atom stereocenters. The van der Waals surface area contributed by atoms with E-state index >= 15 is 0 Å². The summed E-state index contributed by atoms with van der Waals surface area (Å²) in [7, 11) is 1.67. The third-order valence-corrected chi connectivity index (χ3v) is 8.62. The second-order valence-electron chi connectivity index (χ2n) is 13.9. The molecule has 0 radical (unpaired) electrons. The summed E-state index contributed by atoms with van der Waals surface area (Å²) in [4.78, 5) is 60.2. The van der Waals surface area contributed by atoms with Gasteiger partial charge in [-0.1, -0.05) is 36.3 Å². The van der Waals surface area contributed by atoms with Crippen LogP contribution in [-0.2, 0) is 45.1 Å². The first-order chi connectivity index (χ1) is 23.3. The van der Waals surface area contributed by atoms with Crippen LogP contribution in [-0.4, -0.2) is 78.8 Å². The van der Waals surface area contributed by atoms with Crippen LogP contribution in [0.5, 0.6) is 0 Å². The van der Waals surface area contributed by atoms with Crippen LogP contribution in [0.15, 0.2) is 59.6 Å². The molecule has 49 heavy (non-hydrogen) atoms. The normalized spacial score (nSPS) is 18.6. The molecule has 2 unspecified atom stereocenters. The number of ether oxygens (including phenoxy) is 1. The zero-order valence-corrected chi connectivity index (χ0v) is 29.2. The van der Waals surface area contributed by atoms with E-state index in [4.69, 9.17) is 11.2 Å². The molecule has 11 nitrogen and oxygen atoms in total. The molecule has 0 spiro atoms. The summed E-state index contributed by atoms with van der Waals surface area (Å²) in [5.41, 5.74) is 3.09. The van der Waals surface area contributed by atoms with Crippen LogP contribution in [0.2, 0.25) is 0 Å². The third-order valence-electron chi connectivity index (χ3n) is 8.62. The molecule has 0 bridgehead atoms. The molecule has 11 heteroatoms. The van der Waals surface area contributed by atoms with Gasteiger partial charge in [-0.3, -0.25) is 19.4 Å². The number of fused-ring (bicyclic) bond motifs is 1. The lowest BCUT2D eigenvalue weighted by Gasteiger charge is -2.32. The molecule has 2 aromatic rings. The predicted molar refractivity (Wildman–Crippen MR) is 191 cm³/mol. The number of anilines is 1. The summed E-state index contributed by atoms with van der Waals surface area (Å²) in [6.45, 7) is 9.14. The molecule has 1 fully saturated rings. The molecule has 260 valence electrons. The molecule has 0 saturated carbocycles. The first-order valence-electron chi connectivity index (χ1n) is 16.6. The van der Waals surface area contributed by atoms with E-state index in [1.54, 1.807) is 24.2 Å². The zero-order valence-electron chi connectivity index (χ0n) is 29.2. The quantitative estimate of drug-likeness (QED) is 0.231. The van der Waals surface area contributed by atoms with Crippen LogP contribution in [0.4, 0.5) is 10.5 Å². The Bertz CT molecular complexity index is 1630. The van der Waals surface area contributed by atoms with Crippen molar-refractivity contribution >= 4 is 35.7 Å². The summed E-state index contributed by atoms with van der Waals surface area (Å²) in [5.74, 6) is 1.63. The molecule has 1 aliphatic carbocycles. The van der Waals surface area contributed by atoms with Gasteiger partial charge in [0.05, 0.1) is 5.41 Å². The highest BCUT2D eigenvalue weighted by Gasteiger charge is 2.40. The van der Waals surface area contributed by atoms with Crippen LogP contribution >= 0.6 is 0 Å². The zero-order chi connectivity index (χ0) is 35.6. The SMILES string of the molecule is C#C/C=C\C=NCNC(=O)C1Cc2ccc(NC(=O)CN(Cc3ccccc3CN(C)C(=O)OC(C)(C)C)C(=O)C3(C)CCNC3)cc2C1. The molecule has 1 aliphatic heterocycles. The lowest BCUT2D eigenvalue weighted by atomic mass is 9.87. The van der Waals surface area contributed by atoms with Gasteiger partial charge in [-0.15, -0.1) is 6.42 Å². The van der Waals surface area contributed by atoms with Crippen molar-refractivity contribution in [3.8, 4) is 12.3 Å². The molecule has 4 rings (SSSR count). The van der Waals surface area contributed by atoms with Gasteiger partial charge in [0, 0.05) is 44.5 Å². The maximum Gasteiger partial charge on any atom is 0.410 e. The Morgan fingerprint density at radius 1 is 1.10 bits per heavy atom. The van der Waals surface area contributed by atoms with Gasteiger partial charge in [0.25, 0.3) is 0 Å². The van der Waals surface area contributed by atoms with E-state index in [1.165, 1.54) is 11.0 Å². The number of nitrogens with one attached hydrogen (secondary N) is 3. The molecular formula is C38H48N6O5. The molecule has 1 saturated heterocycles. The number of hydrogen-bond acceptors (Lipinski definition) is 7. The van der Waals surface area contributed by atoms with E-state index < -0.39 is 17.1 Å². The van der Waals surface area contributed by atoms with Crippen LogP contribution in [0, 0.1) is 23.7 Å². The number of carbonyl (C=O) groups is 4. The Kier molecular flexibility index (Phi) is 12.4. The number of allylic oxidation sites excluding steroid dienone is 2.